The average Bonchev–Trinajstić information content (AvgIpc) is 4.02. The van der Waals surface area contributed by atoms with E-state index in [0.29, 0.717) is 5.76 Å². The highest BCUT2D eigenvalue weighted by molar-refractivity contribution is 7.26. The van der Waals surface area contributed by atoms with Gasteiger partial charge >= 0.3 is 0 Å². The minimum atomic E-state index is 0.585. The van der Waals surface area contributed by atoms with Crippen LogP contribution >= 0.6 is 22.7 Å². The molecular formula is C59H36O2S2. The van der Waals surface area contributed by atoms with Crippen LogP contribution in [-0.2, 0) is 6.42 Å². The number of benzene rings is 9. The fraction of sp³-hybridized carbons (Fsp3) is 0.0169. The zero-order valence-electron chi connectivity index (χ0n) is 34.0. The molecule has 296 valence electrons. The van der Waals surface area contributed by atoms with E-state index in [-0.39, 0.29) is 0 Å². The highest BCUT2D eigenvalue weighted by atomic mass is 32.1. The summed E-state index contributed by atoms with van der Waals surface area (Å²) in [6.07, 6.45) is 5.04. The van der Waals surface area contributed by atoms with Crippen molar-refractivity contribution in [2.24, 2.45) is 0 Å². The number of ether oxygens (including phenoxy) is 1. The van der Waals surface area contributed by atoms with Crippen molar-refractivity contribution in [3.05, 3.63) is 210 Å². The van der Waals surface area contributed by atoms with E-state index in [1.54, 1.807) is 0 Å². The smallest absolute Gasteiger partial charge is 0.136 e. The second-order valence-corrected chi connectivity index (χ2v) is 18.6. The largest absolute Gasteiger partial charge is 0.458 e. The van der Waals surface area contributed by atoms with Crippen LogP contribution in [0.4, 0.5) is 0 Å². The fourth-order valence-corrected chi connectivity index (χ4v) is 12.0. The van der Waals surface area contributed by atoms with Gasteiger partial charge in [0, 0.05) is 51.1 Å². The van der Waals surface area contributed by atoms with Crippen molar-refractivity contribution < 1.29 is 9.15 Å². The second kappa shape index (κ2) is 14.3. The van der Waals surface area contributed by atoms with Crippen molar-refractivity contribution in [2.45, 2.75) is 6.42 Å². The maximum Gasteiger partial charge on any atom is 0.136 e. The Morgan fingerprint density at radius 3 is 1.60 bits per heavy atom. The summed E-state index contributed by atoms with van der Waals surface area (Å²) in [6, 6.07) is 66.0. The van der Waals surface area contributed by atoms with Gasteiger partial charge in [-0.3, -0.25) is 0 Å². The molecule has 4 heterocycles. The van der Waals surface area contributed by atoms with E-state index >= 15 is 0 Å². The molecule has 1 aliphatic heterocycles. The van der Waals surface area contributed by atoms with Gasteiger partial charge in [0.15, 0.2) is 0 Å². The van der Waals surface area contributed by atoms with E-state index in [4.69, 9.17) is 9.15 Å². The first-order valence-corrected chi connectivity index (χ1v) is 22.9. The molecule has 63 heavy (non-hydrogen) atoms. The molecule has 0 unspecified atom stereocenters. The first-order valence-electron chi connectivity index (χ1n) is 21.3. The topological polar surface area (TPSA) is 22.4 Å². The number of furan rings is 1. The maximum absolute atomic E-state index is 6.58. The van der Waals surface area contributed by atoms with E-state index in [0.717, 1.165) is 72.4 Å². The number of thiophene rings is 2. The summed E-state index contributed by atoms with van der Waals surface area (Å²) in [5.41, 5.74) is 12.3. The molecule has 0 aliphatic carbocycles. The molecule has 9 aromatic carbocycles. The van der Waals surface area contributed by atoms with Gasteiger partial charge in [0.1, 0.15) is 22.7 Å². The van der Waals surface area contributed by atoms with Gasteiger partial charge in [-0.2, -0.15) is 0 Å². The Morgan fingerprint density at radius 2 is 0.952 bits per heavy atom. The summed E-state index contributed by atoms with van der Waals surface area (Å²) in [5.74, 6) is 1.41. The lowest BCUT2D eigenvalue weighted by atomic mass is 9.97. The summed E-state index contributed by atoms with van der Waals surface area (Å²) < 4.78 is 18.4. The Balaban J connectivity index is 0.791. The van der Waals surface area contributed by atoms with Gasteiger partial charge in [-0.05, 0) is 115 Å². The van der Waals surface area contributed by atoms with Gasteiger partial charge in [-0.15, -0.1) is 22.7 Å². The number of hydrogen-bond donors (Lipinski definition) is 0. The fourth-order valence-electron chi connectivity index (χ4n) is 9.53. The number of hydrogen-bond acceptors (Lipinski definition) is 4. The zero-order valence-corrected chi connectivity index (χ0v) is 35.7. The van der Waals surface area contributed by atoms with Gasteiger partial charge in [0.2, 0.25) is 0 Å². The van der Waals surface area contributed by atoms with E-state index < -0.39 is 0 Å². The number of allylic oxidation sites excluding steroid dienone is 1. The van der Waals surface area contributed by atoms with Gasteiger partial charge in [0.05, 0.1) is 0 Å². The minimum Gasteiger partial charge on any atom is -0.458 e. The van der Waals surface area contributed by atoms with Crippen molar-refractivity contribution >= 4 is 97.1 Å². The van der Waals surface area contributed by atoms with Crippen molar-refractivity contribution in [3.63, 3.8) is 0 Å². The van der Waals surface area contributed by atoms with Crippen LogP contribution in [0.25, 0.3) is 119 Å². The highest BCUT2D eigenvalue weighted by Crippen LogP contribution is 2.42. The third-order valence-corrected chi connectivity index (χ3v) is 15.2. The normalized spacial score (nSPS) is 13.9. The van der Waals surface area contributed by atoms with Gasteiger partial charge in [-0.1, -0.05) is 152 Å². The Hall–Kier alpha value is -7.50. The van der Waals surface area contributed by atoms with Crippen LogP contribution in [0.2, 0.25) is 0 Å². The zero-order chi connectivity index (χ0) is 41.6. The lowest BCUT2D eigenvalue weighted by molar-refractivity contribution is 0.451. The summed E-state index contributed by atoms with van der Waals surface area (Å²) in [4.78, 5) is 0. The molecular weight excluding hydrogens is 805 g/mol. The number of fused-ring (bicyclic) bond motifs is 11. The molecule has 4 heteroatoms. The molecule has 0 radical (unpaired) electrons. The lowest BCUT2D eigenvalue weighted by Crippen LogP contribution is -2.24. The van der Waals surface area contributed by atoms with Gasteiger partial charge in [-0.25, -0.2) is 0 Å². The van der Waals surface area contributed by atoms with Crippen LogP contribution in [0.5, 0.6) is 5.75 Å². The molecule has 0 atom stereocenters. The Morgan fingerprint density at radius 1 is 0.413 bits per heavy atom. The molecule has 0 amide bonds. The standard InChI is InChI=1S/C59H36O2S2/c1-35-30-44-34-55-52(47-29-28-43(33-54(47)61-55)37-18-22-39(23-19-37)46-11-7-13-51-49-9-3-5-15-57(49)63-59(46)51)31-41(44)26-24-40-25-27-42(32-53(40)60-35)36-16-20-38(21-17-36)45-10-6-12-50-48-8-2-4-14-56(48)62-58(45)50/h2-23,25-34H,1,24H2/b41-26-,44-30-. The van der Waals surface area contributed by atoms with Crippen LogP contribution in [0, 0.1) is 0 Å². The van der Waals surface area contributed by atoms with Crippen LogP contribution in [0.1, 0.15) is 5.56 Å². The summed E-state index contributed by atoms with van der Waals surface area (Å²) in [7, 11) is 0. The first-order chi connectivity index (χ1) is 31.1. The van der Waals surface area contributed by atoms with Crippen LogP contribution in [0.15, 0.2) is 199 Å². The molecule has 3 aromatic heterocycles. The molecule has 0 N–H and O–H groups in total. The average molecular weight is 841 g/mol. The molecule has 13 rings (SSSR count). The monoisotopic (exact) mass is 840 g/mol. The maximum atomic E-state index is 6.58. The van der Waals surface area contributed by atoms with Gasteiger partial charge < -0.3 is 9.15 Å². The highest BCUT2D eigenvalue weighted by Gasteiger charge is 2.15. The first kappa shape index (κ1) is 36.2. The lowest BCUT2D eigenvalue weighted by Gasteiger charge is -2.12. The minimum absolute atomic E-state index is 0.585. The molecule has 1 aliphatic rings. The van der Waals surface area contributed by atoms with Crippen LogP contribution < -0.4 is 15.2 Å². The third kappa shape index (κ3) is 6.06. The Labute approximate surface area is 371 Å². The molecule has 0 saturated heterocycles. The van der Waals surface area contributed by atoms with E-state index in [2.05, 4.69) is 195 Å². The van der Waals surface area contributed by atoms with E-state index in [1.165, 1.54) is 62.6 Å². The van der Waals surface area contributed by atoms with E-state index in [9.17, 15) is 0 Å². The molecule has 0 spiro atoms. The van der Waals surface area contributed by atoms with Crippen molar-refractivity contribution in [1.82, 2.24) is 0 Å². The molecule has 2 nitrogen and oxygen atoms in total. The molecule has 0 fully saturated rings. The third-order valence-electron chi connectivity index (χ3n) is 12.7. The molecule has 12 aromatic rings. The summed E-state index contributed by atoms with van der Waals surface area (Å²) in [6.45, 7) is 4.34. The molecule has 0 bridgehead atoms. The Bertz CT molecular complexity index is 3970. The van der Waals surface area contributed by atoms with Crippen molar-refractivity contribution in [3.8, 4) is 50.3 Å². The quantitative estimate of drug-likeness (QED) is 0.176. The predicted molar refractivity (Wildman–Crippen MR) is 269 cm³/mol. The summed E-state index contributed by atoms with van der Waals surface area (Å²) in [5, 5.41) is 9.62. The van der Waals surface area contributed by atoms with E-state index in [1.807, 2.05) is 28.7 Å². The van der Waals surface area contributed by atoms with Crippen molar-refractivity contribution in [1.29, 1.82) is 0 Å². The summed E-state index contributed by atoms with van der Waals surface area (Å²) >= 11 is 3.73. The SMILES string of the molecule is C=C1/C=c2/cc3oc4cc(-c5ccc(-c6cccc7c6sc6ccccc67)cc5)ccc4c3c/c2=C/Cc2ccc(-c3ccc(-c4cccc5c4sc4ccccc45)cc3)cc2O1. The van der Waals surface area contributed by atoms with Crippen molar-refractivity contribution in [2.75, 3.05) is 0 Å². The molecule has 0 saturated carbocycles. The number of rotatable bonds is 4. The van der Waals surface area contributed by atoms with Crippen LogP contribution in [-0.4, -0.2) is 0 Å². The second-order valence-electron chi connectivity index (χ2n) is 16.4. The van der Waals surface area contributed by atoms with Gasteiger partial charge in [0.25, 0.3) is 0 Å². The van der Waals surface area contributed by atoms with Crippen LogP contribution in [0.3, 0.4) is 0 Å². The predicted octanol–water partition coefficient (Wildman–Crippen LogP) is 15.7. The Kier molecular flexibility index (Phi) is 8.20.